The third-order valence-electron chi connectivity index (χ3n) is 12.5. The lowest BCUT2D eigenvalue weighted by Gasteiger charge is -2.40. The van der Waals surface area contributed by atoms with Crippen molar-refractivity contribution in [2.75, 3.05) is 88.5 Å². The summed E-state index contributed by atoms with van der Waals surface area (Å²) in [4.78, 5) is 79.8. The molecule has 2 fully saturated rings. The third kappa shape index (κ3) is 13.7. The molecule has 2 saturated heterocycles. The van der Waals surface area contributed by atoms with Gasteiger partial charge in [-0.3, -0.25) is 24.0 Å². The fourth-order valence-corrected chi connectivity index (χ4v) is 10.8. The number of thiazole rings is 1. The number of benzene rings is 3. The summed E-state index contributed by atoms with van der Waals surface area (Å²) in [5.74, 6) is -0.544. The summed E-state index contributed by atoms with van der Waals surface area (Å²) in [6, 6.07) is 18.7. The molecule has 22 heteroatoms. The highest BCUT2D eigenvalue weighted by molar-refractivity contribution is 7.70. The first-order valence-electron chi connectivity index (χ1n) is 23.9. The van der Waals surface area contributed by atoms with E-state index in [2.05, 4.69) is 35.8 Å². The van der Waals surface area contributed by atoms with E-state index in [-0.39, 0.29) is 56.2 Å². The van der Waals surface area contributed by atoms with E-state index in [0.29, 0.717) is 54.4 Å². The number of hydrogen-bond acceptors (Lipinski definition) is 16. The number of nitrogens with one attached hydrogen (secondary N) is 3. The maximum atomic E-state index is 14.4. The number of aliphatic hydroxyl groups excluding tert-OH is 1. The first-order chi connectivity index (χ1) is 34.7. The van der Waals surface area contributed by atoms with Gasteiger partial charge in [0.2, 0.25) is 29.6 Å². The average Bonchev–Trinajstić information content (AvgIpc) is 3.98. The number of ether oxygens (including phenoxy) is 2. The summed E-state index contributed by atoms with van der Waals surface area (Å²) in [5, 5.41) is 22.0. The summed E-state index contributed by atoms with van der Waals surface area (Å²) >= 11 is 8.03. The smallest absolute Gasteiger partial charge is 0.249 e. The van der Waals surface area contributed by atoms with Gasteiger partial charge in [0.15, 0.2) is 5.82 Å². The highest BCUT2D eigenvalue weighted by Crippen LogP contribution is 2.39. The number of anilines is 5. The number of carbonyl (C=O) groups is 4. The van der Waals surface area contributed by atoms with Gasteiger partial charge in [-0.05, 0) is 61.1 Å². The normalized spacial score (nSPS) is 16.5. The maximum absolute atomic E-state index is 14.4. The molecule has 2 aliphatic heterocycles. The van der Waals surface area contributed by atoms with Crippen LogP contribution in [-0.2, 0) is 39.9 Å². The number of rotatable bonds is 19. The largest absolute Gasteiger partial charge is 0.494 e. The molecule has 0 aliphatic carbocycles. The number of β-amino-alcohol motifs (C(OH)–C–C–N with tert-alkyl or cyclic N) is 1. The minimum Gasteiger partial charge on any atom is -0.494 e. The van der Waals surface area contributed by atoms with Crippen LogP contribution in [-0.4, -0.2) is 150 Å². The van der Waals surface area contributed by atoms with E-state index in [1.165, 1.54) is 18.0 Å². The molecule has 3 atom stereocenters. The van der Waals surface area contributed by atoms with Crippen LogP contribution in [0.3, 0.4) is 0 Å². The Hall–Kier alpha value is -6.15. The molecule has 4 amide bonds. The Bertz CT molecular complexity index is 2820. The second-order valence-electron chi connectivity index (χ2n) is 19.3. The van der Waals surface area contributed by atoms with Gasteiger partial charge in [-0.15, -0.1) is 11.3 Å². The van der Waals surface area contributed by atoms with E-state index in [4.69, 9.17) is 25.9 Å². The zero-order valence-electron chi connectivity index (χ0n) is 42.4. The minimum absolute atomic E-state index is 0.0421. The number of aryl methyl sites for hydroxylation is 1. The predicted octanol–water partition coefficient (Wildman–Crippen LogP) is 6.44. The van der Waals surface area contributed by atoms with Gasteiger partial charge in [-0.1, -0.05) is 68.8 Å². The molecular formula is C51H64ClN10O9PS. The fourth-order valence-electron chi connectivity index (χ4n) is 8.74. The van der Waals surface area contributed by atoms with Gasteiger partial charge in [-0.2, -0.15) is 4.98 Å². The number of halogens is 1. The van der Waals surface area contributed by atoms with Crippen molar-refractivity contribution >= 4 is 87.8 Å². The van der Waals surface area contributed by atoms with Crippen LogP contribution in [0.1, 0.15) is 45.4 Å². The molecule has 0 saturated carbocycles. The van der Waals surface area contributed by atoms with Crippen LogP contribution in [0.2, 0.25) is 5.02 Å². The third-order valence-corrected chi connectivity index (χ3v) is 15.3. The topological polar surface area (TPSA) is 221 Å². The Morgan fingerprint density at radius 1 is 0.973 bits per heavy atom. The van der Waals surface area contributed by atoms with Crippen molar-refractivity contribution in [2.45, 2.75) is 65.8 Å². The molecule has 0 radical (unpaired) electrons. The molecule has 73 heavy (non-hydrogen) atoms. The molecule has 0 unspecified atom stereocenters. The lowest BCUT2D eigenvalue weighted by Crippen LogP contribution is -2.58. The lowest BCUT2D eigenvalue weighted by molar-refractivity contribution is -0.217. The van der Waals surface area contributed by atoms with Gasteiger partial charge in [0, 0.05) is 69.7 Å². The van der Waals surface area contributed by atoms with E-state index < -0.39 is 48.5 Å². The van der Waals surface area contributed by atoms with Gasteiger partial charge in [0.05, 0.1) is 60.1 Å². The Morgan fingerprint density at radius 3 is 2.36 bits per heavy atom. The van der Waals surface area contributed by atoms with Crippen molar-refractivity contribution in [3.05, 3.63) is 94.7 Å². The zero-order chi connectivity index (χ0) is 52.6. The second kappa shape index (κ2) is 23.8. The molecule has 0 spiro atoms. The van der Waals surface area contributed by atoms with Crippen LogP contribution in [0.4, 0.5) is 28.8 Å². The summed E-state index contributed by atoms with van der Waals surface area (Å²) in [7, 11) is -1.03. The van der Waals surface area contributed by atoms with Gasteiger partial charge >= 0.3 is 0 Å². The van der Waals surface area contributed by atoms with E-state index in [1.807, 2.05) is 73.7 Å². The van der Waals surface area contributed by atoms with Gasteiger partial charge < -0.3 is 49.8 Å². The Kier molecular flexibility index (Phi) is 17.8. The number of methoxy groups -OCH3 is 1. The molecule has 0 bridgehead atoms. The number of aliphatic hydroxyl groups is 1. The van der Waals surface area contributed by atoms with E-state index >= 15 is 0 Å². The van der Waals surface area contributed by atoms with Crippen molar-refractivity contribution in [3.8, 4) is 16.2 Å². The molecule has 4 N–H and O–H groups in total. The maximum Gasteiger partial charge on any atom is 0.249 e. The average molecular weight is 1060 g/mol. The summed E-state index contributed by atoms with van der Waals surface area (Å²) in [5.41, 5.74) is 5.95. The Labute approximate surface area is 434 Å². The van der Waals surface area contributed by atoms with Crippen LogP contribution in [0.25, 0.3) is 10.4 Å². The first-order valence-corrected chi connectivity index (χ1v) is 27.8. The molecule has 2 aliphatic rings. The van der Waals surface area contributed by atoms with Gasteiger partial charge in [0.25, 0.3) is 0 Å². The number of carbonyl (C=O) groups excluding carboxylic acids is 4. The van der Waals surface area contributed by atoms with Crippen LogP contribution in [0.15, 0.2) is 78.4 Å². The highest BCUT2D eigenvalue weighted by Gasteiger charge is 2.47. The van der Waals surface area contributed by atoms with Crippen LogP contribution < -0.4 is 30.9 Å². The van der Waals surface area contributed by atoms with Gasteiger partial charge in [-0.25, -0.2) is 15.0 Å². The number of para-hydroxylation sites is 1. The summed E-state index contributed by atoms with van der Waals surface area (Å²) in [6.07, 6.45) is 0.583. The van der Waals surface area contributed by atoms with Crippen molar-refractivity contribution in [3.63, 3.8) is 0 Å². The lowest BCUT2D eigenvalue weighted by atomic mass is 9.85. The number of nitrogens with zero attached hydrogens (tertiary/aromatic N) is 7. The number of hydrogen-bond donors (Lipinski definition) is 4. The van der Waals surface area contributed by atoms with E-state index in [9.17, 15) is 28.8 Å². The van der Waals surface area contributed by atoms with E-state index in [1.54, 1.807) is 63.0 Å². The number of amides is 4. The molecular weight excluding hydrogens is 995 g/mol. The summed E-state index contributed by atoms with van der Waals surface area (Å²) < 4.78 is 24.4. The predicted molar refractivity (Wildman–Crippen MR) is 284 cm³/mol. The summed E-state index contributed by atoms with van der Waals surface area (Å²) in [6.45, 7) is 13.8. The molecule has 7 rings (SSSR count). The number of piperazine rings is 1. The van der Waals surface area contributed by atoms with Crippen molar-refractivity contribution in [2.24, 2.45) is 5.41 Å². The molecule has 4 heterocycles. The number of likely N-dealkylation sites (tertiary alicyclic amines) is 1. The molecule has 390 valence electrons. The van der Waals surface area contributed by atoms with Crippen LogP contribution in [0, 0.1) is 12.3 Å². The molecule has 2 aromatic heterocycles. The monoisotopic (exact) mass is 1060 g/mol. The number of hydroxylamine groups is 2. The first kappa shape index (κ1) is 54.6. The Morgan fingerprint density at radius 2 is 1.70 bits per heavy atom. The Balaban J connectivity index is 0.877. The molecule has 19 nitrogen and oxygen atoms in total. The minimum atomic E-state index is -2.60. The van der Waals surface area contributed by atoms with Gasteiger partial charge in [0.1, 0.15) is 36.6 Å². The fraction of sp³-hybridized carbons (Fsp3) is 0.431. The second-order valence-corrected chi connectivity index (χ2v) is 23.8. The SMILES string of the molecule is COc1cc(N2CCN(C(=O)COCCON(C(C)=O)[C@H](C(=O)N3C[C@H](O)C[C@H]3C(=O)NCc3ccc(-c4scnc4C)cc3)C(C)(C)C)CC2)ccc1Nc1ncc(Cl)c(Nc2ccccc2P(C)(C)=O)n1. The highest BCUT2D eigenvalue weighted by atomic mass is 35.5. The van der Waals surface area contributed by atoms with Crippen molar-refractivity contribution < 1.29 is 43.2 Å². The van der Waals surface area contributed by atoms with Crippen molar-refractivity contribution in [1.29, 1.82) is 0 Å². The van der Waals surface area contributed by atoms with Crippen LogP contribution in [0.5, 0.6) is 5.75 Å². The van der Waals surface area contributed by atoms with Crippen molar-refractivity contribution in [1.82, 2.24) is 35.1 Å². The quantitative estimate of drug-likeness (QED) is 0.0397. The van der Waals surface area contributed by atoms with Crippen LogP contribution >= 0.6 is 30.1 Å². The zero-order valence-corrected chi connectivity index (χ0v) is 44.9. The van der Waals surface area contributed by atoms with E-state index in [0.717, 1.165) is 32.4 Å². The molecule has 3 aromatic carbocycles. The molecule has 5 aromatic rings. The standard InChI is InChI=1S/C51H64ClN10O9PS/c1-32-45(73-31-55-32)35-15-13-34(14-16-35)27-53-48(66)41-26-37(64)29-61(41)49(67)46(51(3,4)5)62(33(2)63)71-24-23-70-30-44(65)60-21-19-59(20-22-60)36-17-18-39(42(25-36)69-6)57-50-54-28-38(52)47(58-50)56-40-11-9-10-12-43(40)72(7,8)68/h9-18,25,28,31,37,41,46,64H,19-24,26-27,29-30H2,1-8H3,(H,53,66)(H2,54,56,57,58)/t37-,41+,46-/m1/s1. The number of aromatic nitrogens is 3.